The van der Waals surface area contributed by atoms with E-state index in [9.17, 15) is 30.3 Å². The number of nitrogens with one attached hydrogen (secondary N) is 1. The van der Waals surface area contributed by atoms with Crippen LogP contribution in [0, 0.1) is 0 Å². The molecule has 1 aliphatic heterocycles. The third kappa shape index (κ3) is 50.9. The molecule has 9 nitrogen and oxygen atoms in total. The number of rotatable bonds is 60. The Balaban J connectivity index is 2.16. The highest BCUT2D eigenvalue weighted by atomic mass is 16.7. The molecule has 0 aromatic carbocycles. The van der Waals surface area contributed by atoms with Crippen molar-refractivity contribution in [3.05, 3.63) is 97.2 Å². The van der Waals surface area contributed by atoms with Crippen molar-refractivity contribution >= 4 is 5.91 Å². The van der Waals surface area contributed by atoms with Gasteiger partial charge in [-0.2, -0.15) is 0 Å². The van der Waals surface area contributed by atoms with Crippen molar-refractivity contribution in [2.24, 2.45) is 0 Å². The number of hydrogen-bond donors (Lipinski definition) is 6. The van der Waals surface area contributed by atoms with Crippen molar-refractivity contribution < 1.29 is 39.8 Å². The molecule has 0 aromatic heterocycles. The highest BCUT2D eigenvalue weighted by molar-refractivity contribution is 5.76. The Morgan fingerprint density at radius 2 is 0.747 bits per heavy atom. The number of ether oxygens (including phenoxy) is 2. The van der Waals surface area contributed by atoms with E-state index in [0.717, 1.165) is 103 Å². The maximum Gasteiger partial charge on any atom is 0.220 e. The lowest BCUT2D eigenvalue weighted by Gasteiger charge is -2.40. The van der Waals surface area contributed by atoms with Crippen molar-refractivity contribution in [1.82, 2.24) is 5.32 Å². The highest BCUT2D eigenvalue weighted by Crippen LogP contribution is 2.23. The Kier molecular flexibility index (Phi) is 58.5. The normalized spacial score (nSPS) is 18.9. The van der Waals surface area contributed by atoms with Gasteiger partial charge in [0.1, 0.15) is 24.4 Å². The minimum atomic E-state index is -1.58. The molecule has 0 saturated carbocycles. The van der Waals surface area contributed by atoms with Crippen LogP contribution < -0.4 is 5.32 Å². The van der Waals surface area contributed by atoms with Gasteiger partial charge < -0.3 is 40.3 Å². The Labute approximate surface area is 511 Å². The number of amides is 1. The number of hydrogen-bond acceptors (Lipinski definition) is 8. The van der Waals surface area contributed by atoms with E-state index in [-0.39, 0.29) is 12.5 Å². The van der Waals surface area contributed by atoms with Crippen molar-refractivity contribution in [2.45, 2.75) is 352 Å². The van der Waals surface area contributed by atoms with E-state index in [2.05, 4.69) is 104 Å². The zero-order chi connectivity index (χ0) is 60.0. The van der Waals surface area contributed by atoms with Gasteiger partial charge in [0.15, 0.2) is 6.29 Å². The monoisotopic (exact) mass is 1160 g/mol. The van der Waals surface area contributed by atoms with E-state index in [1.54, 1.807) is 6.08 Å². The highest BCUT2D eigenvalue weighted by Gasteiger charge is 2.44. The van der Waals surface area contributed by atoms with Gasteiger partial charge in [-0.3, -0.25) is 4.79 Å². The van der Waals surface area contributed by atoms with Crippen molar-refractivity contribution in [2.75, 3.05) is 13.2 Å². The first-order chi connectivity index (χ1) is 40.8. The molecule has 480 valence electrons. The molecular formula is C74H131NO8. The molecule has 0 aromatic rings. The predicted octanol–water partition coefficient (Wildman–Crippen LogP) is 19.1. The van der Waals surface area contributed by atoms with Crippen LogP contribution in [0.4, 0.5) is 0 Å². The van der Waals surface area contributed by atoms with Gasteiger partial charge in [-0.15, -0.1) is 0 Å². The van der Waals surface area contributed by atoms with Gasteiger partial charge >= 0.3 is 0 Å². The van der Waals surface area contributed by atoms with Crippen molar-refractivity contribution in [1.29, 1.82) is 0 Å². The third-order valence-corrected chi connectivity index (χ3v) is 16.2. The SMILES string of the molecule is CC/C=C\C/C=C\C/C=C\C/C=C\C/C=C\C/C=C\C/C=C\CCCCCCCC(=O)NC(COC1OC(CO)C(O)C(O)C1O)C(O)/C=C/CCCCCCCCCCCCCCCCCCCCCCCCCCCCCCCCC. The van der Waals surface area contributed by atoms with Crippen LogP contribution in [0.3, 0.4) is 0 Å². The topological polar surface area (TPSA) is 149 Å². The molecule has 83 heavy (non-hydrogen) atoms. The molecule has 9 heteroatoms. The number of aliphatic hydroxyl groups is 5. The lowest BCUT2D eigenvalue weighted by atomic mass is 9.99. The van der Waals surface area contributed by atoms with Gasteiger partial charge in [-0.05, 0) is 77.0 Å². The molecule has 7 atom stereocenters. The first-order valence-corrected chi connectivity index (χ1v) is 35.0. The molecule has 1 rings (SSSR count). The number of unbranched alkanes of at least 4 members (excludes halogenated alkanes) is 36. The van der Waals surface area contributed by atoms with Crippen LogP contribution in [0.15, 0.2) is 97.2 Å². The van der Waals surface area contributed by atoms with Gasteiger partial charge in [-0.1, -0.05) is 323 Å². The molecule has 0 bridgehead atoms. The quantitative estimate of drug-likeness (QED) is 0.0261. The van der Waals surface area contributed by atoms with Gasteiger partial charge in [0.25, 0.3) is 0 Å². The molecule has 1 amide bonds. The van der Waals surface area contributed by atoms with Crippen LogP contribution in [0.5, 0.6) is 0 Å². The van der Waals surface area contributed by atoms with Gasteiger partial charge in [0, 0.05) is 6.42 Å². The van der Waals surface area contributed by atoms with E-state index in [1.165, 1.54) is 186 Å². The summed E-state index contributed by atoms with van der Waals surface area (Å²) in [6.07, 6.45) is 83.7. The summed E-state index contributed by atoms with van der Waals surface area (Å²) in [7, 11) is 0. The van der Waals surface area contributed by atoms with Crippen LogP contribution in [-0.2, 0) is 14.3 Å². The molecular weight excluding hydrogens is 1030 g/mol. The summed E-state index contributed by atoms with van der Waals surface area (Å²) < 4.78 is 11.3. The fraction of sp³-hybridized carbons (Fsp3) is 0.770. The number of allylic oxidation sites excluding steroid dienone is 15. The molecule has 1 heterocycles. The lowest BCUT2D eigenvalue weighted by molar-refractivity contribution is -0.302. The van der Waals surface area contributed by atoms with Crippen LogP contribution >= 0.6 is 0 Å². The Hall–Kier alpha value is -2.89. The fourth-order valence-corrected chi connectivity index (χ4v) is 10.7. The summed E-state index contributed by atoms with van der Waals surface area (Å²) in [5.74, 6) is -0.196. The maximum atomic E-state index is 13.1. The minimum Gasteiger partial charge on any atom is -0.394 e. The molecule has 6 N–H and O–H groups in total. The van der Waals surface area contributed by atoms with Gasteiger partial charge in [0.05, 0.1) is 25.4 Å². The first kappa shape index (κ1) is 78.1. The van der Waals surface area contributed by atoms with E-state index in [0.29, 0.717) is 6.42 Å². The van der Waals surface area contributed by atoms with Crippen LogP contribution in [-0.4, -0.2) is 87.5 Å². The Bertz CT molecular complexity index is 1630. The molecule has 1 aliphatic rings. The smallest absolute Gasteiger partial charge is 0.220 e. The summed E-state index contributed by atoms with van der Waals surface area (Å²) in [6, 6.07) is -0.825. The van der Waals surface area contributed by atoms with E-state index in [1.807, 2.05) is 6.08 Å². The van der Waals surface area contributed by atoms with Crippen LogP contribution in [0.25, 0.3) is 0 Å². The molecule has 0 spiro atoms. The number of carbonyl (C=O) groups excluding carboxylic acids is 1. The fourth-order valence-electron chi connectivity index (χ4n) is 10.7. The van der Waals surface area contributed by atoms with E-state index < -0.39 is 49.5 Å². The van der Waals surface area contributed by atoms with Gasteiger partial charge in [-0.25, -0.2) is 0 Å². The third-order valence-electron chi connectivity index (χ3n) is 16.2. The summed E-state index contributed by atoms with van der Waals surface area (Å²) in [6.45, 7) is 3.68. The summed E-state index contributed by atoms with van der Waals surface area (Å²) in [4.78, 5) is 13.1. The average Bonchev–Trinajstić information content (AvgIpc) is 3.60. The van der Waals surface area contributed by atoms with Gasteiger partial charge in [0.2, 0.25) is 5.91 Å². The number of aliphatic hydroxyl groups excluding tert-OH is 5. The summed E-state index contributed by atoms with van der Waals surface area (Å²) >= 11 is 0. The molecule has 0 aliphatic carbocycles. The summed E-state index contributed by atoms with van der Waals surface area (Å²) in [5, 5.41) is 54.8. The predicted molar refractivity (Wildman–Crippen MR) is 355 cm³/mol. The molecule has 0 radical (unpaired) electrons. The first-order valence-electron chi connectivity index (χ1n) is 35.0. The van der Waals surface area contributed by atoms with E-state index >= 15 is 0 Å². The lowest BCUT2D eigenvalue weighted by Crippen LogP contribution is -2.60. The zero-order valence-electron chi connectivity index (χ0n) is 53.7. The maximum absolute atomic E-state index is 13.1. The molecule has 1 saturated heterocycles. The van der Waals surface area contributed by atoms with Crippen LogP contribution in [0.2, 0.25) is 0 Å². The second-order valence-corrected chi connectivity index (χ2v) is 23.9. The minimum absolute atomic E-state index is 0.196. The van der Waals surface area contributed by atoms with Crippen molar-refractivity contribution in [3.8, 4) is 0 Å². The van der Waals surface area contributed by atoms with Crippen LogP contribution in [0.1, 0.15) is 309 Å². The largest absolute Gasteiger partial charge is 0.394 e. The average molecular weight is 1160 g/mol. The van der Waals surface area contributed by atoms with Crippen molar-refractivity contribution in [3.63, 3.8) is 0 Å². The summed E-state index contributed by atoms with van der Waals surface area (Å²) in [5.41, 5.74) is 0. The zero-order valence-corrected chi connectivity index (χ0v) is 53.7. The Morgan fingerprint density at radius 1 is 0.422 bits per heavy atom. The second-order valence-electron chi connectivity index (χ2n) is 23.9. The standard InChI is InChI=1S/C74H131NO8/c1-3-5-7-9-11-13-15-17-19-21-23-25-27-29-31-32-33-34-35-36-38-39-41-43-45-47-49-51-53-55-57-59-61-63-68(77)67(66-82-74-73(81)72(80)71(79)69(65-76)83-74)75-70(78)64-62-60-58-56-54-52-50-48-46-44-42-40-37-30-28-26-24-22-20-18-16-14-12-10-8-6-4-2/h6,8,12,14,18,20,24,26,30,37,42,44,48,50,61,63,67-69,71-74,76-77,79-81H,3-5,7,9-11,13,15-17,19,21-23,25,27-29,31-36,38-41,43,45-47,49,51-60,62,64-66H2,1-2H3,(H,75,78)/b8-6-,14-12-,20-18-,26-24-,37-30-,44-42-,50-48-,63-61+. The Morgan fingerprint density at radius 3 is 1.11 bits per heavy atom. The molecule has 1 fully saturated rings. The molecule has 7 unspecified atom stereocenters. The number of carbonyl (C=O) groups is 1. The second kappa shape index (κ2) is 62.2. The van der Waals surface area contributed by atoms with E-state index in [4.69, 9.17) is 9.47 Å².